The predicted octanol–water partition coefficient (Wildman–Crippen LogP) is 3.63. The molecular weight excluding hydrogens is 314 g/mol. The number of methoxy groups -OCH3 is 1. The molecule has 0 spiro atoms. The summed E-state index contributed by atoms with van der Waals surface area (Å²) in [5.41, 5.74) is 2.44. The number of hydrogen-bond donors (Lipinski definition) is 1. The summed E-state index contributed by atoms with van der Waals surface area (Å²) in [5.74, 6) is 1.47. The van der Waals surface area contributed by atoms with Crippen molar-refractivity contribution in [1.82, 2.24) is 14.9 Å². The zero-order valence-electron chi connectivity index (χ0n) is 15.0. The molecule has 1 amide bonds. The van der Waals surface area contributed by atoms with Gasteiger partial charge in [-0.3, -0.25) is 4.79 Å². The quantitative estimate of drug-likeness (QED) is 0.791. The number of amides is 1. The monoisotopic (exact) mass is 337 g/mol. The van der Waals surface area contributed by atoms with Crippen LogP contribution in [0.25, 0.3) is 22.4 Å². The summed E-state index contributed by atoms with van der Waals surface area (Å²) in [4.78, 5) is 17.2. The van der Waals surface area contributed by atoms with E-state index in [4.69, 9.17) is 9.72 Å². The fourth-order valence-electron chi connectivity index (χ4n) is 2.82. The normalized spacial score (nSPS) is 11.5. The lowest BCUT2D eigenvalue weighted by atomic mass is 10.1. The molecule has 5 nitrogen and oxygen atoms in total. The Bertz CT molecular complexity index is 907. The molecule has 0 aliphatic rings. The minimum atomic E-state index is -0.274. The zero-order valence-corrected chi connectivity index (χ0v) is 15.0. The van der Waals surface area contributed by atoms with Gasteiger partial charge in [-0.05, 0) is 45.0 Å². The summed E-state index contributed by atoms with van der Waals surface area (Å²) in [6.45, 7) is 6.13. The van der Waals surface area contributed by atoms with Crippen molar-refractivity contribution in [3.63, 3.8) is 0 Å². The number of fused-ring (bicyclic) bond motifs is 1. The number of hydrogen-bond acceptors (Lipinski definition) is 3. The van der Waals surface area contributed by atoms with E-state index >= 15 is 0 Å². The van der Waals surface area contributed by atoms with Crippen molar-refractivity contribution in [2.75, 3.05) is 7.11 Å². The van der Waals surface area contributed by atoms with E-state index in [2.05, 4.69) is 5.32 Å². The Morgan fingerprint density at radius 1 is 1.16 bits per heavy atom. The third-order valence-corrected chi connectivity index (χ3v) is 3.80. The highest BCUT2D eigenvalue weighted by Crippen LogP contribution is 2.27. The second-order valence-electron chi connectivity index (χ2n) is 7.04. The van der Waals surface area contributed by atoms with Crippen LogP contribution < -0.4 is 10.1 Å². The number of nitrogens with zero attached hydrogens (tertiary/aromatic N) is 2. The Morgan fingerprint density at radius 3 is 2.64 bits per heavy atom. The smallest absolute Gasteiger partial charge is 0.240 e. The number of nitrogens with one attached hydrogen (secondary N) is 1. The number of carbonyl (C=O) groups excluding carboxylic acids is 1. The van der Waals surface area contributed by atoms with Gasteiger partial charge < -0.3 is 14.6 Å². The van der Waals surface area contributed by atoms with Crippen molar-refractivity contribution in [3.8, 4) is 17.1 Å². The summed E-state index contributed by atoms with van der Waals surface area (Å²) in [7, 11) is 1.64. The summed E-state index contributed by atoms with van der Waals surface area (Å²) in [6.07, 6.45) is 0. The molecule has 3 aromatic rings. The summed E-state index contributed by atoms with van der Waals surface area (Å²) >= 11 is 0. The minimum Gasteiger partial charge on any atom is -0.497 e. The molecule has 0 bridgehead atoms. The molecule has 0 saturated heterocycles. The highest BCUT2D eigenvalue weighted by atomic mass is 16.5. The molecule has 0 radical (unpaired) electrons. The summed E-state index contributed by atoms with van der Waals surface area (Å²) < 4.78 is 7.27. The number of carbonyl (C=O) groups is 1. The number of aromatic nitrogens is 2. The number of benzene rings is 2. The highest BCUT2D eigenvalue weighted by molar-refractivity contribution is 5.84. The molecule has 3 rings (SSSR count). The Hall–Kier alpha value is -2.82. The first-order chi connectivity index (χ1) is 11.9. The number of imidazole rings is 1. The van der Waals surface area contributed by atoms with Gasteiger partial charge in [0.15, 0.2) is 0 Å². The van der Waals surface area contributed by atoms with Crippen LogP contribution in [0.2, 0.25) is 0 Å². The molecule has 1 heterocycles. The SMILES string of the molecule is COc1cccc(-c2nc3ccccc3n2CC(=O)NC(C)(C)C)c1. The van der Waals surface area contributed by atoms with Gasteiger partial charge in [-0.25, -0.2) is 4.98 Å². The van der Waals surface area contributed by atoms with Gasteiger partial charge in [0.05, 0.1) is 18.1 Å². The minimum absolute atomic E-state index is 0.0419. The number of rotatable bonds is 4. The van der Waals surface area contributed by atoms with Crippen molar-refractivity contribution in [2.45, 2.75) is 32.9 Å². The van der Waals surface area contributed by atoms with Crippen LogP contribution >= 0.6 is 0 Å². The topological polar surface area (TPSA) is 56.2 Å². The average Bonchev–Trinajstić information content (AvgIpc) is 2.92. The largest absolute Gasteiger partial charge is 0.497 e. The molecule has 1 aromatic heterocycles. The first-order valence-corrected chi connectivity index (χ1v) is 8.28. The van der Waals surface area contributed by atoms with Crippen LogP contribution in [-0.4, -0.2) is 28.1 Å². The maximum Gasteiger partial charge on any atom is 0.240 e. The predicted molar refractivity (Wildman–Crippen MR) is 99.6 cm³/mol. The van der Waals surface area contributed by atoms with Crippen LogP contribution in [0.3, 0.4) is 0 Å². The molecule has 5 heteroatoms. The Balaban J connectivity index is 2.07. The molecule has 0 fully saturated rings. The average molecular weight is 337 g/mol. The molecule has 1 N–H and O–H groups in total. The van der Waals surface area contributed by atoms with Gasteiger partial charge >= 0.3 is 0 Å². The van der Waals surface area contributed by atoms with Gasteiger partial charge in [0.25, 0.3) is 0 Å². The van der Waals surface area contributed by atoms with Crippen LogP contribution in [0.5, 0.6) is 5.75 Å². The second-order valence-corrected chi connectivity index (χ2v) is 7.04. The maximum absolute atomic E-state index is 12.5. The molecule has 0 atom stereocenters. The van der Waals surface area contributed by atoms with Gasteiger partial charge in [0, 0.05) is 11.1 Å². The van der Waals surface area contributed by atoms with Gasteiger partial charge in [0.1, 0.15) is 18.1 Å². The van der Waals surface area contributed by atoms with Crippen molar-refractivity contribution < 1.29 is 9.53 Å². The van der Waals surface area contributed by atoms with E-state index in [1.807, 2.05) is 73.9 Å². The molecule has 0 unspecified atom stereocenters. The van der Waals surface area contributed by atoms with E-state index in [0.29, 0.717) is 0 Å². The maximum atomic E-state index is 12.5. The summed E-state index contributed by atoms with van der Waals surface area (Å²) in [6, 6.07) is 15.6. The van der Waals surface area contributed by atoms with Crippen LogP contribution in [0.4, 0.5) is 0 Å². The van der Waals surface area contributed by atoms with Crippen molar-refractivity contribution in [3.05, 3.63) is 48.5 Å². The van der Waals surface area contributed by atoms with E-state index in [0.717, 1.165) is 28.2 Å². The lowest BCUT2D eigenvalue weighted by Gasteiger charge is -2.21. The van der Waals surface area contributed by atoms with E-state index in [1.165, 1.54) is 0 Å². The Morgan fingerprint density at radius 2 is 1.92 bits per heavy atom. The van der Waals surface area contributed by atoms with E-state index in [9.17, 15) is 4.79 Å². The van der Waals surface area contributed by atoms with Gasteiger partial charge in [-0.2, -0.15) is 0 Å². The first kappa shape index (κ1) is 17.0. The van der Waals surface area contributed by atoms with E-state index in [1.54, 1.807) is 7.11 Å². The van der Waals surface area contributed by atoms with Gasteiger partial charge in [-0.1, -0.05) is 24.3 Å². The molecule has 0 saturated carbocycles. The Kier molecular flexibility index (Phi) is 4.49. The lowest BCUT2D eigenvalue weighted by Crippen LogP contribution is -2.42. The lowest BCUT2D eigenvalue weighted by molar-refractivity contribution is -0.123. The third-order valence-electron chi connectivity index (χ3n) is 3.80. The third kappa shape index (κ3) is 3.82. The zero-order chi connectivity index (χ0) is 18.0. The van der Waals surface area contributed by atoms with Crippen LogP contribution in [0.1, 0.15) is 20.8 Å². The van der Waals surface area contributed by atoms with Gasteiger partial charge in [0.2, 0.25) is 5.91 Å². The van der Waals surface area contributed by atoms with Gasteiger partial charge in [-0.15, -0.1) is 0 Å². The van der Waals surface area contributed by atoms with Crippen LogP contribution in [0, 0.1) is 0 Å². The van der Waals surface area contributed by atoms with E-state index in [-0.39, 0.29) is 18.0 Å². The fourth-order valence-corrected chi connectivity index (χ4v) is 2.82. The molecule has 2 aromatic carbocycles. The number of ether oxygens (including phenoxy) is 1. The number of para-hydroxylation sites is 2. The summed E-state index contributed by atoms with van der Waals surface area (Å²) in [5, 5.41) is 3.01. The molecule has 0 aliphatic carbocycles. The van der Waals surface area contributed by atoms with Crippen molar-refractivity contribution in [1.29, 1.82) is 0 Å². The molecular formula is C20H23N3O2. The van der Waals surface area contributed by atoms with Crippen molar-refractivity contribution >= 4 is 16.9 Å². The van der Waals surface area contributed by atoms with Crippen LogP contribution in [-0.2, 0) is 11.3 Å². The fraction of sp³-hybridized carbons (Fsp3) is 0.300. The molecule has 130 valence electrons. The van der Waals surface area contributed by atoms with Crippen molar-refractivity contribution in [2.24, 2.45) is 0 Å². The van der Waals surface area contributed by atoms with E-state index < -0.39 is 0 Å². The first-order valence-electron chi connectivity index (χ1n) is 8.28. The molecule has 0 aliphatic heterocycles. The standard InChI is InChI=1S/C20H23N3O2/c1-20(2,3)22-18(24)13-23-17-11-6-5-10-16(17)21-19(23)14-8-7-9-15(12-14)25-4/h5-12H,13H2,1-4H3,(H,22,24). The molecule has 25 heavy (non-hydrogen) atoms. The Labute approximate surface area is 147 Å². The van der Waals surface area contributed by atoms with Crippen LogP contribution in [0.15, 0.2) is 48.5 Å². The second kappa shape index (κ2) is 6.59. The highest BCUT2D eigenvalue weighted by Gasteiger charge is 2.18.